The predicted octanol–water partition coefficient (Wildman–Crippen LogP) is 8.51. The minimum atomic E-state index is -0.838. The maximum absolute atomic E-state index is 6.10. The van der Waals surface area contributed by atoms with E-state index in [1.165, 1.54) is 5.56 Å². The van der Waals surface area contributed by atoms with Crippen LogP contribution in [-0.2, 0) is 18.6 Å². The summed E-state index contributed by atoms with van der Waals surface area (Å²) in [5, 5.41) is 13.8. The SMILES string of the molecule is CCCCN(Cc1ccc(-c2ccccc2-c2nnnn2C(c2ccccc2)(c2ccccc2)c2ccccc2)cc1)c1ncccc1CN. The fraction of sp³-hybridized carbons (Fsp3) is 0.163. The highest BCUT2D eigenvalue weighted by Crippen LogP contribution is 2.43. The first-order valence-corrected chi connectivity index (χ1v) is 17.3. The Morgan fingerprint density at radius 3 is 1.82 bits per heavy atom. The molecule has 0 atom stereocenters. The van der Waals surface area contributed by atoms with Crippen LogP contribution in [0.5, 0.6) is 0 Å². The van der Waals surface area contributed by atoms with Gasteiger partial charge in [-0.15, -0.1) is 5.10 Å². The van der Waals surface area contributed by atoms with Gasteiger partial charge in [0.1, 0.15) is 11.4 Å². The number of nitrogens with two attached hydrogens (primary N) is 1. The van der Waals surface area contributed by atoms with E-state index in [2.05, 4.69) is 144 Å². The molecular weight excluding hydrogens is 615 g/mol. The molecular formula is C43H41N7. The van der Waals surface area contributed by atoms with Crippen molar-refractivity contribution in [2.45, 2.75) is 38.4 Å². The molecule has 0 fully saturated rings. The van der Waals surface area contributed by atoms with Gasteiger partial charge in [0.2, 0.25) is 0 Å². The summed E-state index contributed by atoms with van der Waals surface area (Å²) in [4.78, 5) is 7.07. The second-order valence-electron chi connectivity index (χ2n) is 12.4. The van der Waals surface area contributed by atoms with Crippen LogP contribution >= 0.6 is 0 Å². The van der Waals surface area contributed by atoms with E-state index in [4.69, 9.17) is 21.0 Å². The molecule has 2 heterocycles. The molecule has 0 saturated carbocycles. The quantitative estimate of drug-likeness (QED) is 0.125. The highest BCUT2D eigenvalue weighted by Gasteiger charge is 2.42. The lowest BCUT2D eigenvalue weighted by molar-refractivity contribution is 0.451. The molecule has 248 valence electrons. The monoisotopic (exact) mass is 655 g/mol. The predicted molar refractivity (Wildman–Crippen MR) is 201 cm³/mol. The first-order valence-electron chi connectivity index (χ1n) is 17.3. The maximum atomic E-state index is 6.10. The first-order chi connectivity index (χ1) is 24.7. The van der Waals surface area contributed by atoms with Gasteiger partial charge in [0.15, 0.2) is 5.82 Å². The molecule has 0 aliphatic carbocycles. The molecule has 7 rings (SSSR count). The summed E-state index contributed by atoms with van der Waals surface area (Å²) in [6, 6.07) is 52.7. The van der Waals surface area contributed by atoms with Crippen LogP contribution in [0, 0.1) is 0 Å². The van der Waals surface area contributed by atoms with Gasteiger partial charge in [-0.2, -0.15) is 0 Å². The molecule has 7 aromatic rings. The molecule has 2 N–H and O–H groups in total. The third-order valence-corrected chi connectivity index (χ3v) is 9.34. The van der Waals surface area contributed by atoms with E-state index in [1.54, 1.807) is 0 Å². The van der Waals surface area contributed by atoms with E-state index < -0.39 is 5.54 Å². The molecule has 2 aromatic heterocycles. The second kappa shape index (κ2) is 15.1. The standard InChI is InChI=1S/C43H41N7/c1-2-3-30-49(41-35(31-44)16-15-29-45-41)32-33-25-27-34(28-26-33)39-23-13-14-24-40(39)42-46-47-48-50(42)43(36-17-7-4-8-18-36,37-19-9-5-10-20-37)38-21-11-6-12-22-38/h4-29H,2-3,30-32,44H2,1H3. The Morgan fingerprint density at radius 1 is 0.660 bits per heavy atom. The van der Waals surface area contributed by atoms with Crippen molar-refractivity contribution in [3.05, 3.63) is 186 Å². The van der Waals surface area contributed by atoms with Crippen molar-refractivity contribution < 1.29 is 0 Å². The van der Waals surface area contributed by atoms with Crippen LogP contribution in [0.1, 0.15) is 47.6 Å². The zero-order chi connectivity index (χ0) is 34.2. The van der Waals surface area contributed by atoms with Gasteiger partial charge in [-0.25, -0.2) is 9.67 Å². The average Bonchev–Trinajstić information content (AvgIpc) is 3.68. The number of benzene rings is 5. The summed E-state index contributed by atoms with van der Waals surface area (Å²) in [5.41, 5.74) is 13.8. The number of rotatable bonds is 13. The first kappa shape index (κ1) is 32.6. The van der Waals surface area contributed by atoms with E-state index in [0.717, 1.165) is 70.7 Å². The Labute approximate surface area is 294 Å². The van der Waals surface area contributed by atoms with Gasteiger partial charge in [-0.3, -0.25) is 0 Å². The molecule has 0 aliphatic rings. The third kappa shape index (κ3) is 6.31. The zero-order valence-electron chi connectivity index (χ0n) is 28.3. The van der Waals surface area contributed by atoms with Crippen molar-refractivity contribution in [2.75, 3.05) is 11.4 Å². The van der Waals surface area contributed by atoms with Crippen LogP contribution in [0.2, 0.25) is 0 Å². The number of pyridine rings is 1. The van der Waals surface area contributed by atoms with E-state index in [1.807, 2.05) is 35.1 Å². The van der Waals surface area contributed by atoms with E-state index >= 15 is 0 Å². The lowest BCUT2D eigenvalue weighted by Crippen LogP contribution is -2.39. The van der Waals surface area contributed by atoms with Crippen molar-refractivity contribution in [2.24, 2.45) is 5.73 Å². The molecule has 0 radical (unpaired) electrons. The summed E-state index contributed by atoms with van der Waals surface area (Å²) in [6.07, 6.45) is 4.04. The van der Waals surface area contributed by atoms with Gasteiger partial charge < -0.3 is 10.6 Å². The molecule has 0 spiro atoms. The number of hydrogen-bond acceptors (Lipinski definition) is 6. The van der Waals surface area contributed by atoms with Gasteiger partial charge in [-0.1, -0.05) is 159 Å². The van der Waals surface area contributed by atoms with Crippen molar-refractivity contribution in [1.29, 1.82) is 0 Å². The van der Waals surface area contributed by atoms with Crippen molar-refractivity contribution in [3.63, 3.8) is 0 Å². The Balaban J connectivity index is 1.32. The molecule has 7 heteroatoms. The molecule has 0 saturated heterocycles. The highest BCUT2D eigenvalue weighted by molar-refractivity contribution is 5.81. The fourth-order valence-corrected chi connectivity index (χ4v) is 6.91. The van der Waals surface area contributed by atoms with Crippen LogP contribution in [0.3, 0.4) is 0 Å². The Morgan fingerprint density at radius 2 is 1.24 bits per heavy atom. The van der Waals surface area contributed by atoms with Crippen LogP contribution in [-0.4, -0.2) is 31.7 Å². The fourth-order valence-electron chi connectivity index (χ4n) is 6.91. The minimum Gasteiger partial charge on any atom is -0.352 e. The van der Waals surface area contributed by atoms with Crippen molar-refractivity contribution in [1.82, 2.24) is 25.2 Å². The Bertz CT molecular complexity index is 2010. The minimum absolute atomic E-state index is 0.459. The number of nitrogens with zero attached hydrogens (tertiary/aromatic N) is 6. The van der Waals surface area contributed by atoms with Crippen molar-refractivity contribution in [3.8, 4) is 22.5 Å². The molecule has 5 aromatic carbocycles. The summed E-state index contributed by atoms with van der Waals surface area (Å²) in [6.45, 7) is 4.34. The number of unbranched alkanes of at least 4 members (excludes halogenated alkanes) is 1. The maximum Gasteiger partial charge on any atom is 0.184 e. The highest BCUT2D eigenvalue weighted by atomic mass is 15.6. The number of tetrazole rings is 1. The summed E-state index contributed by atoms with van der Waals surface area (Å²) in [7, 11) is 0. The molecule has 0 unspecified atom stereocenters. The van der Waals surface area contributed by atoms with E-state index in [-0.39, 0.29) is 0 Å². The van der Waals surface area contributed by atoms with E-state index in [9.17, 15) is 0 Å². The zero-order valence-corrected chi connectivity index (χ0v) is 28.3. The third-order valence-electron chi connectivity index (χ3n) is 9.34. The Hall–Kier alpha value is -5.92. The van der Waals surface area contributed by atoms with Gasteiger partial charge in [-0.05, 0) is 56.3 Å². The molecule has 0 amide bonds. The lowest BCUT2D eigenvalue weighted by Gasteiger charge is -2.36. The van der Waals surface area contributed by atoms with Crippen LogP contribution in [0.4, 0.5) is 5.82 Å². The Kier molecular flexibility index (Phi) is 9.85. The van der Waals surface area contributed by atoms with Gasteiger partial charge in [0.05, 0.1) is 0 Å². The van der Waals surface area contributed by atoms with E-state index in [0.29, 0.717) is 12.4 Å². The summed E-state index contributed by atoms with van der Waals surface area (Å²) >= 11 is 0. The van der Waals surface area contributed by atoms with Crippen LogP contribution < -0.4 is 10.6 Å². The van der Waals surface area contributed by atoms with Crippen molar-refractivity contribution >= 4 is 5.82 Å². The van der Waals surface area contributed by atoms with Gasteiger partial charge in [0, 0.05) is 37.0 Å². The average molecular weight is 656 g/mol. The number of anilines is 1. The topological polar surface area (TPSA) is 85.8 Å². The number of aromatic nitrogens is 5. The van der Waals surface area contributed by atoms with Gasteiger partial charge in [0.25, 0.3) is 0 Å². The largest absolute Gasteiger partial charge is 0.352 e. The lowest BCUT2D eigenvalue weighted by atomic mass is 9.77. The summed E-state index contributed by atoms with van der Waals surface area (Å²) < 4.78 is 1.99. The molecule has 0 bridgehead atoms. The second-order valence-corrected chi connectivity index (χ2v) is 12.4. The molecule has 0 aliphatic heterocycles. The van der Waals surface area contributed by atoms with Crippen LogP contribution in [0.25, 0.3) is 22.5 Å². The number of hydrogen-bond donors (Lipinski definition) is 1. The molecule has 50 heavy (non-hydrogen) atoms. The molecule has 7 nitrogen and oxygen atoms in total. The smallest absolute Gasteiger partial charge is 0.184 e. The summed E-state index contributed by atoms with van der Waals surface area (Å²) in [5.74, 6) is 1.64. The van der Waals surface area contributed by atoms with Gasteiger partial charge >= 0.3 is 0 Å². The normalized spacial score (nSPS) is 11.4. The van der Waals surface area contributed by atoms with Crippen LogP contribution in [0.15, 0.2) is 158 Å².